The Balaban J connectivity index is 2.05. The summed E-state index contributed by atoms with van der Waals surface area (Å²) in [6, 6.07) is 3.15. The average Bonchev–Trinajstić information content (AvgIpc) is 3.41. The Labute approximate surface area is 234 Å². The number of anilines is 1. The van der Waals surface area contributed by atoms with Crippen LogP contribution in [-0.4, -0.2) is 58.2 Å². The Bertz CT molecular complexity index is 1270. The highest BCUT2D eigenvalue weighted by molar-refractivity contribution is 7.20. The molecule has 3 heterocycles. The van der Waals surface area contributed by atoms with E-state index < -0.39 is 29.4 Å². The van der Waals surface area contributed by atoms with Gasteiger partial charge in [-0.15, -0.1) is 22.7 Å². The quantitative estimate of drug-likeness (QED) is 0.319. The number of rotatable bonds is 8. The Morgan fingerprint density at radius 3 is 2.39 bits per heavy atom. The number of ether oxygens (including phenoxy) is 3. The van der Waals surface area contributed by atoms with Gasteiger partial charge in [0.2, 0.25) is 5.28 Å². The number of nitrogens with zero attached hydrogens (tertiary/aromatic N) is 3. The number of carbonyl (C=O) groups excluding carboxylic acids is 2. The number of thiophene rings is 2. The minimum atomic E-state index is -0.735. The largest absolute Gasteiger partial charge is 0.493 e. The maximum Gasteiger partial charge on any atom is 0.416 e. The molecule has 3 aromatic rings. The zero-order valence-electron chi connectivity index (χ0n) is 22.5. The van der Waals surface area contributed by atoms with E-state index in [2.05, 4.69) is 15.3 Å². The Morgan fingerprint density at radius 2 is 1.84 bits per heavy atom. The van der Waals surface area contributed by atoms with Gasteiger partial charge in [0.15, 0.2) is 11.6 Å². The molecule has 1 unspecified atom stereocenters. The van der Waals surface area contributed by atoms with Gasteiger partial charge in [0.05, 0.1) is 31.2 Å². The van der Waals surface area contributed by atoms with E-state index in [1.165, 1.54) is 34.7 Å². The molecule has 0 saturated heterocycles. The van der Waals surface area contributed by atoms with Crippen molar-refractivity contribution >= 4 is 62.5 Å². The number of aromatic nitrogens is 2. The summed E-state index contributed by atoms with van der Waals surface area (Å²) in [6.45, 7) is 10.5. The first-order chi connectivity index (χ1) is 17.7. The van der Waals surface area contributed by atoms with E-state index >= 15 is 0 Å². The molecule has 2 N–H and O–H groups in total. The Kier molecular flexibility index (Phi) is 9.45. The molecule has 0 saturated carbocycles. The molecule has 2 amide bonds. The lowest BCUT2D eigenvalue weighted by Gasteiger charge is -2.26. The molecule has 3 rings (SSSR count). The number of hydrogen-bond acceptors (Lipinski definition) is 10. The highest BCUT2D eigenvalue weighted by Gasteiger charge is 2.30. The van der Waals surface area contributed by atoms with Gasteiger partial charge in [0.1, 0.15) is 21.4 Å². The first kappa shape index (κ1) is 29.9. The van der Waals surface area contributed by atoms with Crippen LogP contribution < -0.4 is 15.0 Å². The summed E-state index contributed by atoms with van der Waals surface area (Å²) in [6.07, 6.45) is -1.02. The number of methoxy groups -OCH3 is 1. The molecule has 13 heteroatoms. The minimum Gasteiger partial charge on any atom is -0.493 e. The van der Waals surface area contributed by atoms with Gasteiger partial charge in [0.25, 0.3) is 0 Å². The van der Waals surface area contributed by atoms with Crippen LogP contribution in [0.4, 0.5) is 15.4 Å². The van der Waals surface area contributed by atoms with Gasteiger partial charge < -0.3 is 24.6 Å². The smallest absolute Gasteiger partial charge is 0.416 e. The summed E-state index contributed by atoms with van der Waals surface area (Å²) in [7, 11) is 1.49. The molecule has 0 radical (unpaired) electrons. The van der Waals surface area contributed by atoms with Crippen molar-refractivity contribution in [3.05, 3.63) is 32.6 Å². The molecule has 0 aliphatic heterocycles. The van der Waals surface area contributed by atoms with E-state index in [-0.39, 0.29) is 30.7 Å². The average molecular weight is 585 g/mol. The van der Waals surface area contributed by atoms with E-state index in [4.69, 9.17) is 25.8 Å². The van der Waals surface area contributed by atoms with E-state index in [0.29, 0.717) is 20.8 Å². The molecule has 0 bridgehead atoms. The summed E-state index contributed by atoms with van der Waals surface area (Å²) in [5.41, 5.74) is -1.01. The third kappa shape index (κ3) is 7.92. The molecule has 208 valence electrons. The van der Waals surface area contributed by atoms with Gasteiger partial charge in [-0.2, -0.15) is 4.98 Å². The predicted molar refractivity (Wildman–Crippen MR) is 150 cm³/mol. The second-order valence-electron chi connectivity index (χ2n) is 10.4. The van der Waals surface area contributed by atoms with E-state index in [9.17, 15) is 14.7 Å². The molecule has 3 aromatic heterocycles. The van der Waals surface area contributed by atoms with Gasteiger partial charge in [-0.1, -0.05) is 6.07 Å². The molecule has 0 aliphatic carbocycles. The molecule has 10 nitrogen and oxygen atoms in total. The summed E-state index contributed by atoms with van der Waals surface area (Å²) >= 11 is 9.11. The van der Waals surface area contributed by atoms with Crippen molar-refractivity contribution in [2.45, 2.75) is 71.8 Å². The molecular weight excluding hydrogens is 552 g/mol. The number of aliphatic hydroxyl groups is 1. The number of aliphatic hydroxyl groups excluding tert-OH is 1. The topological polar surface area (TPSA) is 123 Å². The molecule has 38 heavy (non-hydrogen) atoms. The van der Waals surface area contributed by atoms with Crippen molar-refractivity contribution in [2.75, 3.05) is 18.6 Å². The Morgan fingerprint density at radius 1 is 1.16 bits per heavy atom. The third-order valence-corrected chi connectivity index (χ3v) is 7.06. The van der Waals surface area contributed by atoms with E-state index in [0.717, 1.165) is 4.88 Å². The summed E-state index contributed by atoms with van der Waals surface area (Å²) in [4.78, 5) is 37.5. The van der Waals surface area contributed by atoms with Crippen LogP contribution in [0.25, 0.3) is 10.2 Å². The molecule has 1 atom stereocenters. The summed E-state index contributed by atoms with van der Waals surface area (Å²) in [5.74, 6) is 0.693. The van der Waals surface area contributed by atoms with E-state index in [1.54, 1.807) is 41.5 Å². The lowest BCUT2D eigenvalue weighted by Crippen LogP contribution is -2.42. The first-order valence-corrected chi connectivity index (χ1v) is 13.9. The van der Waals surface area contributed by atoms with Crippen molar-refractivity contribution in [2.24, 2.45) is 0 Å². The maximum absolute atomic E-state index is 13.3. The second kappa shape index (κ2) is 12.0. The lowest BCUT2D eigenvalue weighted by molar-refractivity contribution is 0.0481. The van der Waals surface area contributed by atoms with Gasteiger partial charge in [0, 0.05) is 11.3 Å². The SMILES string of the molecule is COc1c(CC(CO)NC(=O)OC(C)(C)C)sc2c(N(Cc3cccs3)C(=O)OC(C)(C)C)nc(Cl)nc12. The number of amides is 2. The number of fused-ring (bicyclic) bond motifs is 1. The zero-order valence-corrected chi connectivity index (χ0v) is 24.8. The van der Waals surface area contributed by atoms with Crippen LogP contribution in [0, 0.1) is 0 Å². The fourth-order valence-electron chi connectivity index (χ4n) is 3.45. The van der Waals surface area contributed by atoms with Crippen molar-refractivity contribution in [3.8, 4) is 5.75 Å². The normalized spacial score (nSPS) is 12.8. The third-order valence-electron chi connectivity index (χ3n) is 4.85. The minimum absolute atomic E-state index is 0.0690. The summed E-state index contributed by atoms with van der Waals surface area (Å²) < 4.78 is 17.2. The number of carbonyl (C=O) groups is 2. The highest BCUT2D eigenvalue weighted by atomic mass is 35.5. The van der Waals surface area contributed by atoms with Gasteiger partial charge in [-0.05, 0) is 64.6 Å². The number of halogens is 1. The predicted octanol–water partition coefficient (Wildman–Crippen LogP) is 5.78. The fraction of sp³-hybridized carbons (Fsp3) is 0.520. The Hall–Kier alpha value is -2.67. The van der Waals surface area contributed by atoms with Crippen molar-refractivity contribution in [3.63, 3.8) is 0 Å². The molecule has 0 fully saturated rings. The lowest BCUT2D eigenvalue weighted by atomic mass is 10.1. The summed E-state index contributed by atoms with van der Waals surface area (Å²) in [5, 5.41) is 14.5. The molecule has 0 aromatic carbocycles. The fourth-order valence-corrected chi connectivity index (χ4v) is 5.59. The second-order valence-corrected chi connectivity index (χ2v) is 12.9. The van der Waals surface area contributed by atoms with Crippen LogP contribution in [0.5, 0.6) is 5.75 Å². The van der Waals surface area contributed by atoms with Crippen LogP contribution in [0.3, 0.4) is 0 Å². The number of nitrogens with one attached hydrogen (secondary N) is 1. The van der Waals surface area contributed by atoms with Crippen molar-refractivity contribution < 1.29 is 28.9 Å². The molecular formula is C25H33ClN4O6S2. The van der Waals surface area contributed by atoms with E-state index in [1.807, 2.05) is 17.5 Å². The maximum atomic E-state index is 13.3. The van der Waals surface area contributed by atoms with Crippen molar-refractivity contribution in [1.82, 2.24) is 15.3 Å². The van der Waals surface area contributed by atoms with Crippen molar-refractivity contribution in [1.29, 1.82) is 0 Å². The van der Waals surface area contributed by atoms with Crippen LogP contribution in [0.2, 0.25) is 5.28 Å². The van der Waals surface area contributed by atoms with Crippen LogP contribution >= 0.6 is 34.3 Å². The van der Waals surface area contributed by atoms with Crippen LogP contribution in [-0.2, 0) is 22.4 Å². The molecule has 0 spiro atoms. The van der Waals surface area contributed by atoms with Gasteiger partial charge in [-0.25, -0.2) is 14.6 Å². The highest BCUT2D eigenvalue weighted by Crippen LogP contribution is 2.42. The van der Waals surface area contributed by atoms with Crippen LogP contribution in [0.1, 0.15) is 51.3 Å². The van der Waals surface area contributed by atoms with Gasteiger partial charge >= 0.3 is 12.2 Å². The monoisotopic (exact) mass is 584 g/mol. The zero-order chi connectivity index (χ0) is 28.3. The standard InChI is InChI=1S/C25H33ClN4O6S2/c1-24(2,3)35-22(32)27-14(13-31)11-16-18(34-7)17-19(38-16)20(29-21(26)28-17)30(12-15-9-8-10-37-15)23(33)36-25(4,5)6/h8-10,14,31H,11-13H2,1-7H3,(H,27,32). The van der Waals surface area contributed by atoms with Crippen LogP contribution in [0.15, 0.2) is 17.5 Å². The van der Waals surface area contributed by atoms with Gasteiger partial charge in [-0.3, -0.25) is 4.90 Å². The number of hydrogen-bond donors (Lipinski definition) is 2. The molecule has 0 aliphatic rings. The first-order valence-electron chi connectivity index (χ1n) is 11.9. The number of alkyl carbamates (subject to hydrolysis) is 1.